The highest BCUT2D eigenvalue weighted by atomic mass is 79.9. The van der Waals surface area contributed by atoms with Crippen molar-refractivity contribution in [1.29, 1.82) is 0 Å². The maximum Gasteiger partial charge on any atom is 0.175 e. The Morgan fingerprint density at radius 2 is 2.17 bits per heavy atom. The van der Waals surface area contributed by atoms with E-state index in [1.165, 1.54) is 23.1 Å². The van der Waals surface area contributed by atoms with Gasteiger partial charge in [-0.15, -0.1) is 11.3 Å². The first-order chi connectivity index (χ1) is 8.58. The summed E-state index contributed by atoms with van der Waals surface area (Å²) in [5.41, 5.74) is 0.714. The number of carbonyl (C=O) groups excluding carboxylic acids is 1. The molecule has 0 aromatic carbocycles. The van der Waals surface area contributed by atoms with Crippen molar-refractivity contribution < 1.29 is 4.79 Å². The first-order valence-corrected chi connectivity index (χ1v) is 8.97. The number of pyridine rings is 1. The van der Waals surface area contributed by atoms with Gasteiger partial charge in [-0.3, -0.25) is 4.79 Å². The van der Waals surface area contributed by atoms with Gasteiger partial charge in [0.25, 0.3) is 0 Å². The lowest BCUT2D eigenvalue weighted by Gasteiger charge is -2.01. The van der Waals surface area contributed by atoms with Crippen LogP contribution >= 0.6 is 70.9 Å². The van der Waals surface area contributed by atoms with E-state index in [0.717, 1.165) is 17.1 Å². The molecule has 7 heteroatoms. The van der Waals surface area contributed by atoms with E-state index in [0.29, 0.717) is 11.3 Å². The summed E-state index contributed by atoms with van der Waals surface area (Å²) in [6, 6.07) is 5.60. The second-order valence-corrected chi connectivity index (χ2v) is 8.81. The number of ketones is 1. The van der Waals surface area contributed by atoms with Gasteiger partial charge in [-0.1, -0.05) is 11.8 Å². The number of hydrogen-bond acceptors (Lipinski definition) is 4. The average molecular weight is 472 g/mol. The predicted octanol–water partition coefficient (Wildman–Crippen LogP) is 5.41. The zero-order chi connectivity index (χ0) is 13.1. The van der Waals surface area contributed by atoms with Gasteiger partial charge in [-0.05, 0) is 66.0 Å². The molecule has 0 saturated carbocycles. The lowest BCUT2D eigenvalue weighted by atomic mass is 10.2. The number of nitrogens with zero attached hydrogens (tertiary/aromatic N) is 1. The van der Waals surface area contributed by atoms with Gasteiger partial charge < -0.3 is 0 Å². The van der Waals surface area contributed by atoms with E-state index in [1.807, 2.05) is 18.2 Å². The number of carbonyl (C=O) groups is 1. The molecule has 0 radical (unpaired) electrons. The van der Waals surface area contributed by atoms with Crippen molar-refractivity contribution in [3.05, 3.63) is 42.0 Å². The van der Waals surface area contributed by atoms with E-state index < -0.39 is 0 Å². The highest BCUT2D eigenvalue weighted by molar-refractivity contribution is 9.12. The minimum Gasteiger partial charge on any atom is -0.293 e. The zero-order valence-electron chi connectivity index (χ0n) is 8.82. The van der Waals surface area contributed by atoms with Crippen LogP contribution in [0.15, 0.2) is 41.5 Å². The average Bonchev–Trinajstić information content (AvgIpc) is 2.67. The van der Waals surface area contributed by atoms with E-state index >= 15 is 0 Å². The van der Waals surface area contributed by atoms with Gasteiger partial charge in [0, 0.05) is 16.2 Å². The number of Topliss-reactive ketones (excluding diaryl/α,β-unsaturated/α-hetero) is 1. The summed E-state index contributed by atoms with van der Waals surface area (Å²) in [5.74, 6) is 0.462. The maximum atomic E-state index is 12.1. The SMILES string of the molecule is O=C(CSc1ncccc1Br)c1cc(Br)sc1Br. The van der Waals surface area contributed by atoms with Crippen LogP contribution in [0.4, 0.5) is 0 Å². The van der Waals surface area contributed by atoms with Gasteiger partial charge in [0.05, 0.1) is 13.3 Å². The molecule has 0 aliphatic rings. The van der Waals surface area contributed by atoms with Crippen LogP contribution in [0, 0.1) is 0 Å². The highest BCUT2D eigenvalue weighted by Gasteiger charge is 2.14. The molecular weight excluding hydrogens is 466 g/mol. The molecule has 0 amide bonds. The first-order valence-electron chi connectivity index (χ1n) is 4.79. The Labute approximate surface area is 138 Å². The number of halogens is 3. The van der Waals surface area contributed by atoms with Crippen LogP contribution in [-0.2, 0) is 0 Å². The number of thioether (sulfide) groups is 1. The molecule has 0 fully saturated rings. The molecule has 2 heterocycles. The summed E-state index contributed by atoms with van der Waals surface area (Å²) >= 11 is 13.1. The third-order valence-electron chi connectivity index (χ3n) is 2.02. The third-order valence-corrected chi connectivity index (χ3v) is 6.27. The summed E-state index contributed by atoms with van der Waals surface area (Å²) in [5, 5.41) is 0.830. The third kappa shape index (κ3) is 3.66. The molecule has 0 bridgehead atoms. The van der Waals surface area contributed by atoms with E-state index in [2.05, 4.69) is 52.8 Å². The molecule has 0 N–H and O–H groups in total. The van der Waals surface area contributed by atoms with Gasteiger partial charge in [0.15, 0.2) is 5.78 Å². The molecule has 2 rings (SSSR count). The topological polar surface area (TPSA) is 30.0 Å². The Morgan fingerprint density at radius 1 is 1.39 bits per heavy atom. The minimum atomic E-state index is 0.0892. The van der Waals surface area contributed by atoms with Gasteiger partial charge in [0.2, 0.25) is 0 Å². The van der Waals surface area contributed by atoms with Gasteiger partial charge in [-0.25, -0.2) is 4.98 Å². The largest absolute Gasteiger partial charge is 0.293 e. The predicted molar refractivity (Wildman–Crippen MR) is 86.7 cm³/mol. The fraction of sp³-hybridized carbons (Fsp3) is 0.0909. The Bertz CT molecular complexity index is 585. The molecule has 2 nitrogen and oxygen atoms in total. The fourth-order valence-corrected chi connectivity index (χ4v) is 5.44. The monoisotopic (exact) mass is 469 g/mol. The Morgan fingerprint density at radius 3 is 2.78 bits per heavy atom. The Kier molecular flexibility index (Phi) is 5.44. The van der Waals surface area contributed by atoms with Crippen LogP contribution in [0.5, 0.6) is 0 Å². The summed E-state index contributed by atoms with van der Waals surface area (Å²) in [4.78, 5) is 16.3. The molecule has 0 aliphatic carbocycles. The van der Waals surface area contributed by atoms with Gasteiger partial charge >= 0.3 is 0 Å². The first kappa shape index (κ1) is 14.7. The Hall–Kier alpha value is 0.310. The lowest BCUT2D eigenvalue weighted by Crippen LogP contribution is -2.01. The van der Waals surface area contributed by atoms with Crippen molar-refractivity contribution in [3.63, 3.8) is 0 Å². The molecule has 18 heavy (non-hydrogen) atoms. The quantitative estimate of drug-likeness (QED) is 0.441. The van der Waals surface area contributed by atoms with Crippen LogP contribution < -0.4 is 0 Å². The molecule has 2 aromatic heterocycles. The number of rotatable bonds is 4. The van der Waals surface area contributed by atoms with Crippen LogP contribution in [0.3, 0.4) is 0 Å². The molecule has 94 valence electrons. The maximum absolute atomic E-state index is 12.1. The van der Waals surface area contributed by atoms with Crippen LogP contribution in [-0.4, -0.2) is 16.5 Å². The van der Waals surface area contributed by atoms with Crippen molar-refractivity contribution >= 4 is 76.7 Å². The summed E-state index contributed by atoms with van der Waals surface area (Å²) in [6.07, 6.45) is 1.72. The van der Waals surface area contributed by atoms with E-state index in [4.69, 9.17) is 0 Å². The Balaban J connectivity index is 2.05. The molecule has 0 unspecified atom stereocenters. The normalized spacial score (nSPS) is 10.6. The van der Waals surface area contributed by atoms with E-state index in [9.17, 15) is 4.79 Å². The van der Waals surface area contributed by atoms with Crippen molar-refractivity contribution in [3.8, 4) is 0 Å². The summed E-state index contributed by atoms with van der Waals surface area (Å²) in [7, 11) is 0. The standard InChI is InChI=1S/C11H6Br3NOS2/c12-7-2-1-3-15-11(7)17-5-8(16)6-4-9(13)18-10(6)14/h1-4H,5H2. The molecule has 0 atom stereocenters. The van der Waals surface area contributed by atoms with Crippen molar-refractivity contribution in [2.45, 2.75) is 5.03 Å². The van der Waals surface area contributed by atoms with Crippen molar-refractivity contribution in [1.82, 2.24) is 4.98 Å². The molecule has 0 spiro atoms. The second kappa shape index (κ2) is 6.65. The van der Waals surface area contributed by atoms with Crippen LogP contribution in [0.25, 0.3) is 0 Å². The number of aromatic nitrogens is 1. The minimum absolute atomic E-state index is 0.0892. The van der Waals surface area contributed by atoms with Gasteiger partial charge in [0.1, 0.15) is 5.03 Å². The van der Waals surface area contributed by atoms with Crippen molar-refractivity contribution in [2.24, 2.45) is 0 Å². The molecular formula is C11H6Br3NOS2. The smallest absolute Gasteiger partial charge is 0.175 e. The zero-order valence-corrected chi connectivity index (χ0v) is 15.2. The summed E-state index contributed by atoms with van der Waals surface area (Å²) < 4.78 is 2.72. The fourth-order valence-electron chi connectivity index (χ4n) is 1.22. The second-order valence-electron chi connectivity index (χ2n) is 3.24. The summed E-state index contributed by atoms with van der Waals surface area (Å²) in [6.45, 7) is 0. The lowest BCUT2D eigenvalue weighted by molar-refractivity contribution is 0.102. The number of thiophene rings is 1. The van der Waals surface area contributed by atoms with Crippen molar-refractivity contribution in [2.75, 3.05) is 5.75 Å². The van der Waals surface area contributed by atoms with E-state index in [1.54, 1.807) is 6.20 Å². The molecule has 0 saturated heterocycles. The highest BCUT2D eigenvalue weighted by Crippen LogP contribution is 2.33. The van der Waals surface area contributed by atoms with E-state index in [-0.39, 0.29) is 5.78 Å². The molecule has 0 aliphatic heterocycles. The molecule has 2 aromatic rings. The van der Waals surface area contributed by atoms with Crippen LogP contribution in [0.2, 0.25) is 0 Å². The van der Waals surface area contributed by atoms with Gasteiger partial charge in [-0.2, -0.15) is 0 Å². The number of hydrogen-bond donors (Lipinski definition) is 0. The van der Waals surface area contributed by atoms with Crippen LogP contribution in [0.1, 0.15) is 10.4 Å².